The number of thioether (sulfide) groups is 1. The van der Waals surface area contributed by atoms with E-state index in [4.69, 9.17) is 12.2 Å². The van der Waals surface area contributed by atoms with Crippen LogP contribution in [0.1, 0.15) is 25.0 Å². The van der Waals surface area contributed by atoms with Gasteiger partial charge in [0.05, 0.1) is 11.4 Å². The Morgan fingerprint density at radius 3 is 2.43 bits per heavy atom. The van der Waals surface area contributed by atoms with Gasteiger partial charge >= 0.3 is 0 Å². The van der Waals surface area contributed by atoms with Crippen LogP contribution in [0, 0.1) is 0 Å². The molecule has 28 heavy (non-hydrogen) atoms. The second-order valence-corrected chi connectivity index (χ2v) is 9.20. The molecule has 4 rings (SSSR count). The van der Waals surface area contributed by atoms with Gasteiger partial charge in [0.1, 0.15) is 4.32 Å². The highest BCUT2D eigenvalue weighted by molar-refractivity contribution is 8.26. The molecule has 5 heteroatoms. The average molecular weight is 407 g/mol. The zero-order valence-corrected chi connectivity index (χ0v) is 17.8. The molecule has 1 amide bonds. The van der Waals surface area contributed by atoms with Gasteiger partial charge in [-0.3, -0.25) is 9.69 Å². The first-order chi connectivity index (χ1) is 13.4. The number of anilines is 1. The molecule has 0 unspecified atom stereocenters. The normalized spacial score (nSPS) is 21.1. The summed E-state index contributed by atoms with van der Waals surface area (Å²) in [6, 6.07) is 18.4. The summed E-state index contributed by atoms with van der Waals surface area (Å²) in [5.41, 5.74) is 4.64. The second kappa shape index (κ2) is 7.22. The highest BCUT2D eigenvalue weighted by Gasteiger charge is 2.38. The van der Waals surface area contributed by atoms with E-state index < -0.39 is 0 Å². The van der Waals surface area contributed by atoms with Crippen LogP contribution < -0.4 is 4.90 Å². The Labute approximate surface area is 175 Å². The number of carbonyl (C=O) groups excluding carboxylic acids is 1. The molecule has 2 aromatic carbocycles. The molecule has 0 atom stereocenters. The summed E-state index contributed by atoms with van der Waals surface area (Å²) in [4.78, 5) is 17.5. The Balaban J connectivity index is 1.60. The lowest BCUT2D eigenvalue weighted by Crippen LogP contribution is -2.27. The van der Waals surface area contributed by atoms with Gasteiger partial charge in [0.15, 0.2) is 0 Å². The zero-order valence-electron chi connectivity index (χ0n) is 16.2. The number of para-hydroxylation sites is 1. The second-order valence-electron chi connectivity index (χ2n) is 7.53. The first-order valence-electron chi connectivity index (χ1n) is 9.23. The highest BCUT2D eigenvalue weighted by Crippen LogP contribution is 2.46. The molecule has 1 fully saturated rings. The monoisotopic (exact) mass is 406 g/mol. The molecular formula is C23H22N2OS2. The minimum atomic E-state index is -0.112. The van der Waals surface area contributed by atoms with Crippen LogP contribution >= 0.6 is 24.0 Å². The molecule has 0 aliphatic carbocycles. The summed E-state index contributed by atoms with van der Waals surface area (Å²) in [6.45, 7) is 4.95. The Hall–Kier alpha value is -2.37. The molecular weight excluding hydrogens is 384 g/mol. The van der Waals surface area contributed by atoms with E-state index in [9.17, 15) is 4.79 Å². The number of fused-ring (bicyclic) bond motifs is 1. The van der Waals surface area contributed by atoms with Gasteiger partial charge in [-0.2, -0.15) is 0 Å². The zero-order chi connectivity index (χ0) is 19.9. The molecule has 2 aromatic rings. The molecule has 3 nitrogen and oxygen atoms in total. The van der Waals surface area contributed by atoms with Gasteiger partial charge in [-0.25, -0.2) is 0 Å². The third-order valence-corrected chi connectivity index (χ3v) is 6.79. The van der Waals surface area contributed by atoms with E-state index >= 15 is 0 Å². The lowest BCUT2D eigenvalue weighted by molar-refractivity contribution is -0.122. The molecule has 142 valence electrons. The molecule has 2 aliphatic rings. The fraction of sp³-hybridized carbons (Fsp3) is 0.217. The lowest BCUT2D eigenvalue weighted by atomic mass is 9.84. The molecule has 0 bridgehead atoms. The fourth-order valence-corrected chi connectivity index (χ4v) is 5.07. The molecule has 0 radical (unpaired) electrons. The van der Waals surface area contributed by atoms with Crippen molar-refractivity contribution >= 4 is 39.9 Å². The third kappa shape index (κ3) is 3.19. The average Bonchev–Trinajstić information content (AvgIpc) is 3.06. The number of rotatable bonds is 3. The van der Waals surface area contributed by atoms with E-state index in [-0.39, 0.29) is 11.3 Å². The van der Waals surface area contributed by atoms with Crippen molar-refractivity contribution in [2.75, 3.05) is 11.9 Å². The van der Waals surface area contributed by atoms with Crippen molar-refractivity contribution in [3.8, 4) is 0 Å². The molecule has 2 aliphatic heterocycles. The van der Waals surface area contributed by atoms with Crippen molar-refractivity contribution in [3.63, 3.8) is 0 Å². The minimum absolute atomic E-state index is 0.0216. The summed E-state index contributed by atoms with van der Waals surface area (Å²) in [7, 11) is 2.08. The number of carbonyl (C=O) groups is 1. The van der Waals surface area contributed by atoms with Gasteiger partial charge in [0.2, 0.25) is 0 Å². The van der Waals surface area contributed by atoms with Crippen LogP contribution in [0.15, 0.2) is 77.4 Å². The smallest absolute Gasteiger partial charge is 0.266 e. The summed E-state index contributed by atoms with van der Waals surface area (Å²) >= 11 is 6.84. The predicted octanol–water partition coefficient (Wildman–Crippen LogP) is 5.24. The largest absolute Gasteiger partial charge is 0.347 e. The van der Waals surface area contributed by atoms with Crippen LogP contribution in [0.2, 0.25) is 0 Å². The Morgan fingerprint density at radius 1 is 1.04 bits per heavy atom. The van der Waals surface area contributed by atoms with Crippen molar-refractivity contribution < 1.29 is 4.79 Å². The molecule has 2 heterocycles. The standard InChI is InChI=1S/C23H22N2OS2/c1-23(2)17-11-7-8-12-18(17)24(3)20(23)14-13-19-21(26)25(22(27)28-19)15-16-9-5-4-6-10-16/h4-14H,15H2,1-3H3/b19-13+,20-14+. The summed E-state index contributed by atoms with van der Waals surface area (Å²) in [6.07, 6.45) is 3.98. The number of nitrogens with zero attached hydrogens (tertiary/aromatic N) is 2. The van der Waals surface area contributed by atoms with Crippen molar-refractivity contribution in [3.05, 3.63) is 88.5 Å². The third-order valence-electron chi connectivity index (χ3n) is 5.39. The van der Waals surface area contributed by atoms with Crippen LogP contribution in [0.5, 0.6) is 0 Å². The Morgan fingerprint density at radius 2 is 1.71 bits per heavy atom. The number of allylic oxidation sites excluding steroid dienone is 3. The Kier molecular flexibility index (Phi) is 4.89. The van der Waals surface area contributed by atoms with Crippen LogP contribution in [0.4, 0.5) is 5.69 Å². The molecule has 0 spiro atoms. The predicted molar refractivity (Wildman–Crippen MR) is 121 cm³/mol. The number of likely N-dealkylation sites (N-methyl/N-ethyl adjacent to an activating group) is 1. The van der Waals surface area contributed by atoms with Crippen molar-refractivity contribution in [2.45, 2.75) is 25.8 Å². The van der Waals surface area contributed by atoms with Crippen molar-refractivity contribution in [2.24, 2.45) is 0 Å². The molecule has 0 aromatic heterocycles. The van der Waals surface area contributed by atoms with Crippen molar-refractivity contribution in [1.82, 2.24) is 4.90 Å². The van der Waals surface area contributed by atoms with Crippen LogP contribution in [-0.2, 0) is 16.8 Å². The maximum Gasteiger partial charge on any atom is 0.266 e. The lowest BCUT2D eigenvalue weighted by Gasteiger charge is -2.23. The van der Waals surface area contributed by atoms with Gasteiger partial charge in [-0.15, -0.1) is 0 Å². The van der Waals surface area contributed by atoms with E-state index in [1.807, 2.05) is 36.4 Å². The summed E-state index contributed by atoms with van der Waals surface area (Å²) in [5.74, 6) is -0.0216. The fourth-order valence-electron chi connectivity index (χ4n) is 3.87. The van der Waals surface area contributed by atoms with Gasteiger partial charge in [-0.1, -0.05) is 86.4 Å². The Bertz CT molecular complexity index is 1010. The van der Waals surface area contributed by atoms with Crippen LogP contribution in [0.3, 0.4) is 0 Å². The van der Waals surface area contributed by atoms with Gasteiger partial charge in [0, 0.05) is 23.8 Å². The van der Waals surface area contributed by atoms with E-state index in [1.165, 1.54) is 28.7 Å². The summed E-state index contributed by atoms with van der Waals surface area (Å²) in [5, 5.41) is 0. The number of hydrogen-bond acceptors (Lipinski definition) is 4. The maximum atomic E-state index is 12.9. The van der Waals surface area contributed by atoms with Gasteiger partial charge in [0.25, 0.3) is 5.91 Å². The first kappa shape index (κ1) is 19.0. The van der Waals surface area contributed by atoms with Gasteiger partial charge < -0.3 is 4.90 Å². The van der Waals surface area contributed by atoms with Crippen LogP contribution in [0.25, 0.3) is 0 Å². The highest BCUT2D eigenvalue weighted by atomic mass is 32.2. The minimum Gasteiger partial charge on any atom is -0.347 e. The van der Waals surface area contributed by atoms with E-state index in [1.54, 1.807) is 4.90 Å². The van der Waals surface area contributed by atoms with E-state index in [0.717, 1.165) is 5.56 Å². The quantitative estimate of drug-likeness (QED) is 0.514. The SMILES string of the molecule is CN1/C(=C/C=C2/SC(=S)N(Cc3ccccc3)C2=O)C(C)(C)c2ccccc21. The number of benzene rings is 2. The number of thiocarbonyl (C=S) groups is 1. The number of amides is 1. The molecule has 0 N–H and O–H groups in total. The van der Waals surface area contributed by atoms with E-state index in [0.29, 0.717) is 15.8 Å². The molecule has 1 saturated heterocycles. The topological polar surface area (TPSA) is 23.6 Å². The maximum absolute atomic E-state index is 12.9. The van der Waals surface area contributed by atoms with Crippen LogP contribution in [-0.4, -0.2) is 22.2 Å². The first-order valence-corrected chi connectivity index (χ1v) is 10.5. The molecule has 0 saturated carbocycles. The van der Waals surface area contributed by atoms with Crippen molar-refractivity contribution in [1.29, 1.82) is 0 Å². The number of hydrogen-bond donors (Lipinski definition) is 0. The van der Waals surface area contributed by atoms with E-state index in [2.05, 4.69) is 56.1 Å². The summed E-state index contributed by atoms with van der Waals surface area (Å²) < 4.78 is 0.612. The van der Waals surface area contributed by atoms with Gasteiger partial charge in [-0.05, 0) is 29.3 Å².